The maximum atomic E-state index is 12.9. The van der Waals surface area contributed by atoms with Crippen LogP contribution in [0.15, 0.2) is 72.1 Å². The summed E-state index contributed by atoms with van der Waals surface area (Å²) in [5.74, 6) is -1.24. The van der Waals surface area contributed by atoms with Crippen LogP contribution in [0.25, 0.3) is 0 Å². The van der Waals surface area contributed by atoms with E-state index in [1.54, 1.807) is 22.4 Å². The third kappa shape index (κ3) is 5.23. The Morgan fingerprint density at radius 3 is 2.56 bits per heavy atom. The Hall–Kier alpha value is -3.45. The van der Waals surface area contributed by atoms with E-state index >= 15 is 0 Å². The van der Waals surface area contributed by atoms with Crippen molar-refractivity contribution < 1.29 is 19.1 Å². The molecule has 0 fully saturated rings. The number of fused-ring (bicyclic) bond motifs is 1. The van der Waals surface area contributed by atoms with Gasteiger partial charge in [0, 0.05) is 18.7 Å². The van der Waals surface area contributed by atoms with Crippen LogP contribution in [0.4, 0.5) is 5.69 Å². The number of carbonyl (C=O) groups excluding carboxylic acids is 3. The molecular formula is C25H24N2O4S. The highest BCUT2D eigenvalue weighted by molar-refractivity contribution is 7.12. The smallest absolute Gasteiger partial charge is 0.329 e. The van der Waals surface area contributed by atoms with Crippen LogP contribution >= 0.6 is 11.3 Å². The van der Waals surface area contributed by atoms with Gasteiger partial charge in [0.2, 0.25) is 0 Å². The van der Waals surface area contributed by atoms with Crippen molar-refractivity contribution in [1.82, 2.24) is 5.32 Å². The number of nitrogens with zero attached hydrogens (tertiary/aromatic N) is 1. The second kappa shape index (κ2) is 10.2. The van der Waals surface area contributed by atoms with Gasteiger partial charge in [-0.25, -0.2) is 4.79 Å². The summed E-state index contributed by atoms with van der Waals surface area (Å²) in [6, 6.07) is 19.7. The monoisotopic (exact) mass is 448 g/mol. The number of para-hydroxylation sites is 1. The number of nitrogens with one attached hydrogen (secondary N) is 1. The molecule has 1 N–H and O–H groups in total. The largest absolute Gasteiger partial charge is 0.454 e. The van der Waals surface area contributed by atoms with Crippen molar-refractivity contribution >= 4 is 34.8 Å². The van der Waals surface area contributed by atoms with Gasteiger partial charge < -0.3 is 15.0 Å². The molecule has 1 atom stereocenters. The van der Waals surface area contributed by atoms with Gasteiger partial charge in [0.1, 0.15) is 6.04 Å². The molecule has 4 rings (SSSR count). The summed E-state index contributed by atoms with van der Waals surface area (Å²) >= 11 is 1.30. The molecule has 2 amide bonds. The Bertz CT molecular complexity index is 1080. The molecule has 2 heterocycles. The van der Waals surface area contributed by atoms with E-state index in [2.05, 4.69) is 5.32 Å². The highest BCUT2D eigenvalue weighted by atomic mass is 32.1. The topological polar surface area (TPSA) is 75.7 Å². The molecule has 0 saturated carbocycles. The van der Waals surface area contributed by atoms with Crippen LogP contribution in [0, 0.1) is 0 Å². The van der Waals surface area contributed by atoms with Crippen LogP contribution in [-0.4, -0.2) is 37.0 Å². The van der Waals surface area contributed by atoms with Crippen molar-refractivity contribution in [2.24, 2.45) is 0 Å². The second-order valence-corrected chi connectivity index (χ2v) is 8.53. The first-order valence-corrected chi connectivity index (χ1v) is 11.4. The molecule has 6 nitrogen and oxygen atoms in total. The summed E-state index contributed by atoms with van der Waals surface area (Å²) in [6.45, 7) is 0.225. The molecule has 1 aromatic heterocycles. The zero-order valence-electron chi connectivity index (χ0n) is 17.5. The fourth-order valence-corrected chi connectivity index (χ4v) is 4.41. The van der Waals surface area contributed by atoms with Gasteiger partial charge in [-0.2, -0.15) is 0 Å². The quantitative estimate of drug-likeness (QED) is 0.561. The average molecular weight is 449 g/mol. The van der Waals surface area contributed by atoms with Crippen molar-refractivity contribution in [3.63, 3.8) is 0 Å². The molecule has 1 unspecified atom stereocenters. The van der Waals surface area contributed by atoms with Crippen molar-refractivity contribution in [3.05, 3.63) is 88.1 Å². The number of amides is 2. The van der Waals surface area contributed by atoms with Crippen molar-refractivity contribution in [2.75, 3.05) is 18.1 Å². The number of hydrogen-bond acceptors (Lipinski definition) is 5. The third-order valence-corrected chi connectivity index (χ3v) is 6.24. The summed E-state index contributed by atoms with van der Waals surface area (Å²) in [5.41, 5.74) is 2.87. The number of hydrogen-bond donors (Lipinski definition) is 1. The minimum absolute atomic E-state index is 0.270. The number of ether oxygens (including phenoxy) is 1. The van der Waals surface area contributed by atoms with Crippen molar-refractivity contribution in [3.8, 4) is 0 Å². The lowest BCUT2D eigenvalue weighted by atomic mass is 10.0. The predicted octanol–water partition coefficient (Wildman–Crippen LogP) is 3.61. The maximum Gasteiger partial charge on any atom is 0.329 e. The molecule has 0 radical (unpaired) electrons. The molecule has 164 valence electrons. The first-order valence-electron chi connectivity index (χ1n) is 10.5. The van der Waals surface area contributed by atoms with Gasteiger partial charge in [0.05, 0.1) is 4.88 Å². The lowest BCUT2D eigenvalue weighted by Gasteiger charge is -2.29. The molecule has 0 saturated heterocycles. The first kappa shape index (κ1) is 21.8. The van der Waals surface area contributed by atoms with E-state index in [1.165, 1.54) is 11.3 Å². The Morgan fingerprint density at radius 1 is 1.00 bits per heavy atom. The van der Waals surface area contributed by atoms with Crippen LogP contribution < -0.4 is 10.2 Å². The number of anilines is 1. The van der Waals surface area contributed by atoms with Crippen molar-refractivity contribution in [2.45, 2.75) is 25.3 Å². The van der Waals surface area contributed by atoms with Crippen molar-refractivity contribution in [1.29, 1.82) is 0 Å². The molecule has 0 bridgehead atoms. The average Bonchev–Trinajstić information content (AvgIpc) is 3.37. The standard InChI is InChI=1S/C25H24N2O4S/c28-23(27-14-6-11-19-10-4-5-12-21(19)27)17-31-25(30)20(16-18-8-2-1-3-9-18)26-24(29)22-13-7-15-32-22/h1-5,7-10,12-13,15,20H,6,11,14,16-17H2,(H,26,29). The molecule has 2 aromatic carbocycles. The van der Waals surface area contributed by atoms with E-state index in [1.807, 2.05) is 54.6 Å². The molecule has 3 aromatic rings. The molecule has 0 aliphatic carbocycles. The Kier molecular flexibility index (Phi) is 6.97. The van der Waals surface area contributed by atoms with Gasteiger partial charge in [-0.15, -0.1) is 11.3 Å². The summed E-state index contributed by atoms with van der Waals surface area (Å²) in [5, 5.41) is 4.56. The van der Waals surface area contributed by atoms with Gasteiger partial charge in [-0.3, -0.25) is 9.59 Å². The van der Waals surface area contributed by atoms with Gasteiger partial charge in [0.25, 0.3) is 11.8 Å². The van der Waals surface area contributed by atoms with E-state index in [-0.39, 0.29) is 24.8 Å². The fourth-order valence-electron chi connectivity index (χ4n) is 3.78. The molecule has 32 heavy (non-hydrogen) atoms. The number of carbonyl (C=O) groups is 3. The van der Waals surface area contributed by atoms with Gasteiger partial charge in [-0.05, 0) is 41.5 Å². The van der Waals surface area contributed by atoms with E-state index in [0.29, 0.717) is 11.4 Å². The van der Waals surface area contributed by atoms with Crippen LogP contribution in [-0.2, 0) is 27.2 Å². The zero-order chi connectivity index (χ0) is 22.3. The Balaban J connectivity index is 1.42. The van der Waals surface area contributed by atoms with E-state index < -0.39 is 12.0 Å². The van der Waals surface area contributed by atoms with Gasteiger partial charge in [0.15, 0.2) is 6.61 Å². The minimum atomic E-state index is -0.895. The maximum absolute atomic E-state index is 12.9. The zero-order valence-corrected chi connectivity index (χ0v) is 18.3. The number of rotatable bonds is 7. The van der Waals surface area contributed by atoms with Crippen LogP contribution in [0.5, 0.6) is 0 Å². The first-order chi connectivity index (χ1) is 15.6. The lowest BCUT2D eigenvalue weighted by molar-refractivity contribution is -0.149. The number of esters is 1. The normalized spacial score (nSPS) is 13.7. The fraction of sp³-hybridized carbons (Fsp3) is 0.240. The lowest BCUT2D eigenvalue weighted by Crippen LogP contribution is -2.45. The van der Waals surface area contributed by atoms with Crippen LogP contribution in [0.3, 0.4) is 0 Å². The van der Waals surface area contributed by atoms with Gasteiger partial charge in [-0.1, -0.05) is 54.6 Å². The third-order valence-electron chi connectivity index (χ3n) is 5.37. The Labute approximate surface area is 190 Å². The number of aryl methyl sites for hydroxylation is 1. The summed E-state index contributed by atoms with van der Waals surface area (Å²) < 4.78 is 5.38. The number of benzene rings is 2. The SMILES string of the molecule is O=C(NC(Cc1ccccc1)C(=O)OCC(=O)N1CCCc2ccccc21)c1cccs1. The molecule has 1 aliphatic rings. The summed E-state index contributed by atoms with van der Waals surface area (Å²) in [7, 11) is 0. The minimum Gasteiger partial charge on any atom is -0.454 e. The second-order valence-electron chi connectivity index (χ2n) is 7.58. The van der Waals surface area contributed by atoms with E-state index in [4.69, 9.17) is 4.74 Å². The molecular weight excluding hydrogens is 424 g/mol. The van der Waals surface area contributed by atoms with E-state index in [9.17, 15) is 14.4 Å². The van der Waals surface area contributed by atoms with Crippen LogP contribution in [0.1, 0.15) is 27.2 Å². The summed E-state index contributed by atoms with van der Waals surface area (Å²) in [4.78, 5) is 40.4. The summed E-state index contributed by atoms with van der Waals surface area (Å²) in [6.07, 6.45) is 2.06. The molecule has 1 aliphatic heterocycles. The van der Waals surface area contributed by atoms with E-state index in [0.717, 1.165) is 29.7 Å². The highest BCUT2D eigenvalue weighted by Gasteiger charge is 2.27. The Morgan fingerprint density at radius 2 is 1.78 bits per heavy atom. The molecule has 7 heteroatoms. The predicted molar refractivity (Wildman–Crippen MR) is 124 cm³/mol. The van der Waals surface area contributed by atoms with Gasteiger partial charge >= 0.3 is 5.97 Å². The highest BCUT2D eigenvalue weighted by Crippen LogP contribution is 2.26. The van der Waals surface area contributed by atoms with Crippen LogP contribution in [0.2, 0.25) is 0 Å². The number of thiophene rings is 1. The molecule has 0 spiro atoms.